The van der Waals surface area contributed by atoms with Crippen molar-refractivity contribution in [2.75, 3.05) is 6.61 Å². The Morgan fingerprint density at radius 1 is 1.50 bits per heavy atom. The van der Waals surface area contributed by atoms with Gasteiger partial charge in [0.2, 0.25) is 0 Å². The van der Waals surface area contributed by atoms with Gasteiger partial charge in [-0.25, -0.2) is 4.79 Å². The van der Waals surface area contributed by atoms with E-state index < -0.39 is 5.97 Å². The van der Waals surface area contributed by atoms with E-state index in [0.29, 0.717) is 24.0 Å². The summed E-state index contributed by atoms with van der Waals surface area (Å²) in [5.41, 5.74) is 0.658. The minimum absolute atomic E-state index is 0.314. The van der Waals surface area contributed by atoms with Crippen molar-refractivity contribution in [1.82, 2.24) is 0 Å². The summed E-state index contributed by atoms with van der Waals surface area (Å²) in [4.78, 5) is 22.4. The molecule has 3 nitrogen and oxygen atoms in total. The highest BCUT2D eigenvalue weighted by Crippen LogP contribution is 2.16. The minimum Gasteiger partial charge on any atom is -0.462 e. The molecule has 1 aromatic rings. The maximum atomic E-state index is 11.6. The van der Waals surface area contributed by atoms with E-state index in [0.717, 1.165) is 17.3 Å². The molecular weight excluding hydrogens is 272 g/mol. The zero-order chi connectivity index (χ0) is 12.0. The topological polar surface area (TPSA) is 43.4 Å². The lowest BCUT2D eigenvalue weighted by atomic mass is 10.1. The first-order chi connectivity index (χ1) is 7.69. The standard InChI is InChI=1S/C12H13BrO3/c1-2-3-6-16-12(15)11-5-4-10(13)7-9(11)8-14/h4-5,7-8H,2-3,6H2,1H3. The average molecular weight is 285 g/mol. The first-order valence-corrected chi connectivity index (χ1v) is 5.90. The van der Waals surface area contributed by atoms with E-state index in [1.807, 2.05) is 6.92 Å². The number of ether oxygens (including phenoxy) is 1. The van der Waals surface area contributed by atoms with Crippen molar-refractivity contribution in [1.29, 1.82) is 0 Å². The maximum Gasteiger partial charge on any atom is 0.338 e. The van der Waals surface area contributed by atoms with Crippen molar-refractivity contribution >= 4 is 28.2 Å². The molecule has 0 aliphatic carbocycles. The van der Waals surface area contributed by atoms with E-state index in [4.69, 9.17) is 4.74 Å². The molecule has 0 heterocycles. The van der Waals surface area contributed by atoms with Crippen LogP contribution in [0.4, 0.5) is 0 Å². The maximum absolute atomic E-state index is 11.6. The van der Waals surface area contributed by atoms with E-state index in [1.54, 1.807) is 18.2 Å². The fraction of sp³-hybridized carbons (Fsp3) is 0.333. The summed E-state index contributed by atoms with van der Waals surface area (Å²) < 4.78 is 5.80. The van der Waals surface area contributed by atoms with E-state index in [1.165, 1.54) is 0 Å². The van der Waals surface area contributed by atoms with Gasteiger partial charge in [-0.05, 0) is 24.6 Å². The van der Waals surface area contributed by atoms with Crippen LogP contribution in [-0.2, 0) is 4.74 Å². The third-order valence-electron chi connectivity index (χ3n) is 2.09. The predicted molar refractivity (Wildman–Crippen MR) is 64.7 cm³/mol. The highest BCUT2D eigenvalue weighted by atomic mass is 79.9. The lowest BCUT2D eigenvalue weighted by molar-refractivity contribution is 0.0497. The van der Waals surface area contributed by atoms with Gasteiger partial charge < -0.3 is 4.74 Å². The SMILES string of the molecule is CCCCOC(=O)c1ccc(Br)cc1C=O. The molecule has 0 N–H and O–H groups in total. The van der Waals surface area contributed by atoms with Crippen LogP contribution in [0, 0.1) is 0 Å². The molecule has 0 radical (unpaired) electrons. The van der Waals surface area contributed by atoms with Crippen LogP contribution in [0.2, 0.25) is 0 Å². The highest BCUT2D eigenvalue weighted by Gasteiger charge is 2.12. The van der Waals surface area contributed by atoms with Gasteiger partial charge in [0.25, 0.3) is 0 Å². The number of aldehydes is 1. The zero-order valence-corrected chi connectivity index (χ0v) is 10.6. The number of unbranched alkanes of at least 4 members (excludes halogenated alkanes) is 1. The Morgan fingerprint density at radius 3 is 2.88 bits per heavy atom. The zero-order valence-electron chi connectivity index (χ0n) is 9.03. The molecular formula is C12H13BrO3. The molecule has 0 amide bonds. The van der Waals surface area contributed by atoms with Gasteiger partial charge in [0.15, 0.2) is 6.29 Å². The Labute approximate surface area is 103 Å². The van der Waals surface area contributed by atoms with Crippen molar-refractivity contribution in [2.24, 2.45) is 0 Å². The molecule has 4 heteroatoms. The van der Waals surface area contributed by atoms with Crippen molar-refractivity contribution in [3.05, 3.63) is 33.8 Å². The molecule has 0 atom stereocenters. The Bertz CT molecular complexity index is 388. The second-order valence-corrected chi connectivity index (χ2v) is 4.25. The normalized spacial score (nSPS) is 9.88. The second kappa shape index (κ2) is 6.43. The molecule has 1 rings (SSSR count). The Kier molecular flexibility index (Phi) is 5.19. The van der Waals surface area contributed by atoms with Crippen molar-refractivity contribution in [2.45, 2.75) is 19.8 Å². The van der Waals surface area contributed by atoms with Gasteiger partial charge in [-0.15, -0.1) is 0 Å². The van der Waals surface area contributed by atoms with Crippen LogP contribution >= 0.6 is 15.9 Å². The third-order valence-corrected chi connectivity index (χ3v) is 2.58. The Balaban J connectivity index is 2.78. The van der Waals surface area contributed by atoms with Gasteiger partial charge in [-0.2, -0.15) is 0 Å². The van der Waals surface area contributed by atoms with Crippen LogP contribution in [0.1, 0.15) is 40.5 Å². The number of hydrogen-bond donors (Lipinski definition) is 0. The first-order valence-electron chi connectivity index (χ1n) is 5.11. The number of carbonyl (C=O) groups excluding carboxylic acids is 2. The lowest BCUT2D eigenvalue weighted by Crippen LogP contribution is -2.09. The summed E-state index contributed by atoms with van der Waals surface area (Å²) in [6.45, 7) is 2.41. The van der Waals surface area contributed by atoms with E-state index in [2.05, 4.69) is 15.9 Å². The summed E-state index contributed by atoms with van der Waals surface area (Å²) in [5.74, 6) is -0.442. The summed E-state index contributed by atoms with van der Waals surface area (Å²) in [6, 6.07) is 4.90. The van der Waals surface area contributed by atoms with Crippen molar-refractivity contribution in [3.8, 4) is 0 Å². The predicted octanol–water partition coefficient (Wildman–Crippen LogP) is 3.22. The Morgan fingerprint density at radius 2 is 2.25 bits per heavy atom. The van der Waals surface area contributed by atoms with Crippen LogP contribution in [0.3, 0.4) is 0 Å². The monoisotopic (exact) mass is 284 g/mol. The number of hydrogen-bond acceptors (Lipinski definition) is 3. The van der Waals surface area contributed by atoms with E-state index in [-0.39, 0.29) is 0 Å². The molecule has 0 saturated carbocycles. The molecule has 1 aromatic carbocycles. The van der Waals surface area contributed by atoms with Crippen LogP contribution < -0.4 is 0 Å². The smallest absolute Gasteiger partial charge is 0.338 e. The molecule has 0 bridgehead atoms. The van der Waals surface area contributed by atoms with E-state index >= 15 is 0 Å². The number of esters is 1. The van der Waals surface area contributed by atoms with Crippen LogP contribution in [0.15, 0.2) is 22.7 Å². The summed E-state index contributed by atoms with van der Waals surface area (Å²) in [5, 5.41) is 0. The fourth-order valence-corrected chi connectivity index (χ4v) is 1.58. The molecule has 0 aromatic heterocycles. The molecule has 0 saturated heterocycles. The lowest BCUT2D eigenvalue weighted by Gasteiger charge is -2.06. The molecule has 16 heavy (non-hydrogen) atoms. The molecule has 86 valence electrons. The third kappa shape index (κ3) is 3.45. The van der Waals surface area contributed by atoms with Gasteiger partial charge in [-0.3, -0.25) is 4.79 Å². The number of halogens is 1. The van der Waals surface area contributed by atoms with Crippen molar-refractivity contribution in [3.63, 3.8) is 0 Å². The van der Waals surface area contributed by atoms with Gasteiger partial charge in [0.1, 0.15) is 0 Å². The average Bonchev–Trinajstić information content (AvgIpc) is 2.29. The van der Waals surface area contributed by atoms with Crippen molar-refractivity contribution < 1.29 is 14.3 Å². The molecule has 0 aliphatic heterocycles. The van der Waals surface area contributed by atoms with Crippen LogP contribution in [0.5, 0.6) is 0 Å². The van der Waals surface area contributed by atoms with Gasteiger partial charge >= 0.3 is 5.97 Å². The molecule has 0 fully saturated rings. The summed E-state index contributed by atoms with van der Waals surface area (Å²) >= 11 is 3.24. The Hall–Kier alpha value is -1.16. The quantitative estimate of drug-likeness (QED) is 0.474. The summed E-state index contributed by atoms with van der Waals surface area (Å²) in [7, 11) is 0. The minimum atomic E-state index is -0.442. The van der Waals surface area contributed by atoms with Gasteiger partial charge in [-0.1, -0.05) is 29.3 Å². The second-order valence-electron chi connectivity index (χ2n) is 3.34. The van der Waals surface area contributed by atoms with Gasteiger partial charge in [0, 0.05) is 10.0 Å². The largest absolute Gasteiger partial charge is 0.462 e. The highest BCUT2D eigenvalue weighted by molar-refractivity contribution is 9.10. The number of carbonyl (C=O) groups is 2. The number of benzene rings is 1. The summed E-state index contributed by atoms with van der Waals surface area (Å²) in [6.07, 6.45) is 2.45. The number of rotatable bonds is 5. The van der Waals surface area contributed by atoms with E-state index in [9.17, 15) is 9.59 Å². The fourth-order valence-electron chi connectivity index (χ4n) is 1.20. The van der Waals surface area contributed by atoms with Gasteiger partial charge in [0.05, 0.1) is 12.2 Å². The molecule has 0 unspecified atom stereocenters. The molecule has 0 spiro atoms. The van der Waals surface area contributed by atoms with Crippen LogP contribution in [-0.4, -0.2) is 18.9 Å². The first kappa shape index (κ1) is 12.9. The van der Waals surface area contributed by atoms with Crippen LogP contribution in [0.25, 0.3) is 0 Å². The molecule has 0 aliphatic rings.